The molecule has 102 valence electrons. The van der Waals surface area contributed by atoms with E-state index in [-0.39, 0.29) is 12.2 Å². The molecule has 0 aliphatic carbocycles. The molecule has 3 nitrogen and oxygen atoms in total. The molecule has 1 atom stereocenters. The van der Waals surface area contributed by atoms with E-state index < -0.39 is 0 Å². The smallest absolute Gasteiger partial charge is 0.414 e. The molecule has 2 aromatic rings. The number of amides is 1. The quantitative estimate of drug-likeness (QED) is 0.850. The Morgan fingerprint density at radius 1 is 1.10 bits per heavy atom. The number of rotatable bonds is 3. The highest BCUT2D eigenvalue weighted by Gasteiger charge is 2.32. The van der Waals surface area contributed by atoms with Gasteiger partial charge in [0.25, 0.3) is 0 Å². The normalized spacial score (nSPS) is 18.1. The van der Waals surface area contributed by atoms with Crippen molar-refractivity contribution in [3.05, 3.63) is 64.6 Å². The second-order valence-electron chi connectivity index (χ2n) is 4.78. The van der Waals surface area contributed by atoms with Crippen LogP contribution in [0.4, 0.5) is 10.5 Å². The van der Waals surface area contributed by atoms with Gasteiger partial charge in [0.05, 0.1) is 6.54 Å². The Kier molecular flexibility index (Phi) is 3.74. The third kappa shape index (κ3) is 2.85. The molecule has 0 saturated carbocycles. The highest BCUT2D eigenvalue weighted by atomic mass is 79.9. The zero-order valence-corrected chi connectivity index (χ0v) is 12.4. The number of hydrogen-bond acceptors (Lipinski definition) is 2. The molecule has 0 aromatic heterocycles. The molecule has 4 heteroatoms. The van der Waals surface area contributed by atoms with Crippen molar-refractivity contribution in [2.24, 2.45) is 0 Å². The van der Waals surface area contributed by atoms with Crippen molar-refractivity contribution in [1.29, 1.82) is 0 Å². The van der Waals surface area contributed by atoms with E-state index in [1.54, 1.807) is 4.90 Å². The van der Waals surface area contributed by atoms with E-state index in [4.69, 9.17) is 4.74 Å². The van der Waals surface area contributed by atoms with E-state index in [0.29, 0.717) is 6.54 Å². The molecule has 1 amide bonds. The number of hydrogen-bond donors (Lipinski definition) is 0. The predicted octanol–water partition coefficient (Wildman–Crippen LogP) is 4.02. The summed E-state index contributed by atoms with van der Waals surface area (Å²) in [5.41, 5.74) is 2.05. The molecular weight excluding hydrogens is 318 g/mol. The monoisotopic (exact) mass is 331 g/mol. The van der Waals surface area contributed by atoms with E-state index in [9.17, 15) is 4.79 Å². The first-order valence-electron chi connectivity index (χ1n) is 6.50. The summed E-state index contributed by atoms with van der Waals surface area (Å²) in [4.78, 5) is 13.6. The lowest BCUT2D eigenvalue weighted by Crippen LogP contribution is -2.24. The lowest BCUT2D eigenvalue weighted by molar-refractivity contribution is 0.141. The maximum Gasteiger partial charge on any atom is 0.414 e. The van der Waals surface area contributed by atoms with Crippen LogP contribution in [0.2, 0.25) is 0 Å². The topological polar surface area (TPSA) is 29.5 Å². The van der Waals surface area contributed by atoms with Crippen LogP contribution in [0.5, 0.6) is 0 Å². The summed E-state index contributed by atoms with van der Waals surface area (Å²) >= 11 is 3.39. The van der Waals surface area contributed by atoms with Gasteiger partial charge in [0.15, 0.2) is 0 Å². The van der Waals surface area contributed by atoms with Gasteiger partial charge in [-0.2, -0.15) is 0 Å². The van der Waals surface area contributed by atoms with E-state index in [0.717, 1.165) is 16.6 Å². The SMILES string of the molecule is O=C1OC(Cc2ccccc2)CN1c1ccc(Br)cc1. The molecule has 0 radical (unpaired) electrons. The highest BCUT2D eigenvalue weighted by Crippen LogP contribution is 2.24. The molecule has 3 rings (SSSR count). The standard InChI is InChI=1S/C16H14BrNO2/c17-13-6-8-14(9-7-13)18-11-15(20-16(18)19)10-12-4-2-1-3-5-12/h1-9,15H,10-11H2. The van der Waals surface area contributed by atoms with Crippen LogP contribution in [0.25, 0.3) is 0 Å². The summed E-state index contributed by atoms with van der Waals surface area (Å²) in [6.45, 7) is 0.593. The van der Waals surface area contributed by atoms with Gasteiger partial charge in [0.2, 0.25) is 0 Å². The minimum Gasteiger partial charge on any atom is -0.444 e. The number of benzene rings is 2. The summed E-state index contributed by atoms with van der Waals surface area (Å²) in [7, 11) is 0. The lowest BCUT2D eigenvalue weighted by Gasteiger charge is -2.12. The Bertz CT molecular complexity index is 598. The largest absolute Gasteiger partial charge is 0.444 e. The minimum absolute atomic E-state index is 0.0893. The van der Waals surface area contributed by atoms with Crippen molar-refractivity contribution < 1.29 is 9.53 Å². The molecule has 0 spiro atoms. The maximum absolute atomic E-state index is 12.0. The van der Waals surface area contributed by atoms with Gasteiger partial charge in [-0.25, -0.2) is 4.79 Å². The van der Waals surface area contributed by atoms with Crippen LogP contribution in [0.1, 0.15) is 5.56 Å². The molecule has 1 heterocycles. The number of nitrogens with zero attached hydrogens (tertiary/aromatic N) is 1. The van der Waals surface area contributed by atoms with Crippen LogP contribution in [0.3, 0.4) is 0 Å². The fraction of sp³-hybridized carbons (Fsp3) is 0.188. The number of cyclic esters (lactones) is 1. The number of ether oxygens (including phenoxy) is 1. The van der Waals surface area contributed by atoms with Gasteiger partial charge < -0.3 is 4.74 Å². The highest BCUT2D eigenvalue weighted by molar-refractivity contribution is 9.10. The summed E-state index contributed by atoms with van der Waals surface area (Å²) < 4.78 is 6.43. The average Bonchev–Trinajstić information content (AvgIpc) is 2.81. The first-order valence-corrected chi connectivity index (χ1v) is 7.29. The van der Waals surface area contributed by atoms with Crippen molar-refractivity contribution in [1.82, 2.24) is 0 Å². The fourth-order valence-electron chi connectivity index (χ4n) is 2.34. The number of anilines is 1. The molecule has 1 fully saturated rings. The van der Waals surface area contributed by atoms with Crippen molar-refractivity contribution >= 4 is 27.7 Å². The molecule has 1 saturated heterocycles. The number of carbonyl (C=O) groups excluding carboxylic acids is 1. The number of halogens is 1. The van der Waals surface area contributed by atoms with Crippen LogP contribution in [0, 0.1) is 0 Å². The van der Waals surface area contributed by atoms with Crippen LogP contribution >= 0.6 is 15.9 Å². The van der Waals surface area contributed by atoms with E-state index in [2.05, 4.69) is 28.1 Å². The Morgan fingerprint density at radius 2 is 1.80 bits per heavy atom. The summed E-state index contributed by atoms with van der Waals surface area (Å²) in [5.74, 6) is 0. The number of carbonyl (C=O) groups is 1. The van der Waals surface area contributed by atoms with Crippen LogP contribution in [-0.4, -0.2) is 18.7 Å². The van der Waals surface area contributed by atoms with Gasteiger partial charge in [-0.15, -0.1) is 0 Å². The molecule has 1 unspecified atom stereocenters. The Morgan fingerprint density at radius 3 is 2.50 bits per heavy atom. The first-order chi connectivity index (χ1) is 9.72. The molecular formula is C16H14BrNO2. The average molecular weight is 332 g/mol. The van der Waals surface area contributed by atoms with E-state index in [1.807, 2.05) is 42.5 Å². The second kappa shape index (κ2) is 5.67. The summed E-state index contributed by atoms with van der Waals surface area (Å²) in [5, 5.41) is 0. The summed E-state index contributed by atoms with van der Waals surface area (Å²) in [6, 6.07) is 17.8. The zero-order chi connectivity index (χ0) is 13.9. The van der Waals surface area contributed by atoms with Gasteiger partial charge >= 0.3 is 6.09 Å². The Hall–Kier alpha value is -1.81. The lowest BCUT2D eigenvalue weighted by atomic mass is 10.1. The third-order valence-corrected chi connectivity index (χ3v) is 3.85. The van der Waals surface area contributed by atoms with Crippen LogP contribution in [-0.2, 0) is 11.2 Å². The molecule has 20 heavy (non-hydrogen) atoms. The fourth-order valence-corrected chi connectivity index (χ4v) is 2.60. The molecule has 0 N–H and O–H groups in total. The Labute approximate surface area is 126 Å². The minimum atomic E-state index is -0.270. The van der Waals surface area contributed by atoms with Crippen molar-refractivity contribution in [2.45, 2.75) is 12.5 Å². The van der Waals surface area contributed by atoms with Crippen molar-refractivity contribution in [3.8, 4) is 0 Å². The predicted molar refractivity (Wildman–Crippen MR) is 81.9 cm³/mol. The maximum atomic E-state index is 12.0. The second-order valence-corrected chi connectivity index (χ2v) is 5.70. The third-order valence-electron chi connectivity index (χ3n) is 3.32. The molecule has 0 bridgehead atoms. The Balaban J connectivity index is 1.71. The summed E-state index contributed by atoms with van der Waals surface area (Å²) in [6.07, 6.45) is 0.390. The van der Waals surface area contributed by atoms with Gasteiger partial charge in [-0.3, -0.25) is 4.90 Å². The van der Waals surface area contributed by atoms with Gasteiger partial charge in [-0.05, 0) is 29.8 Å². The van der Waals surface area contributed by atoms with E-state index >= 15 is 0 Å². The van der Waals surface area contributed by atoms with E-state index in [1.165, 1.54) is 5.56 Å². The first kappa shape index (κ1) is 13.2. The molecule has 2 aromatic carbocycles. The zero-order valence-electron chi connectivity index (χ0n) is 10.8. The van der Waals surface area contributed by atoms with Crippen molar-refractivity contribution in [2.75, 3.05) is 11.4 Å². The molecule has 1 aliphatic rings. The van der Waals surface area contributed by atoms with Gasteiger partial charge in [0, 0.05) is 16.6 Å². The van der Waals surface area contributed by atoms with Crippen LogP contribution in [0.15, 0.2) is 59.1 Å². The van der Waals surface area contributed by atoms with Gasteiger partial charge in [-0.1, -0.05) is 46.3 Å². The van der Waals surface area contributed by atoms with Gasteiger partial charge in [0.1, 0.15) is 6.10 Å². The van der Waals surface area contributed by atoms with Crippen LogP contribution < -0.4 is 4.90 Å². The molecule has 1 aliphatic heterocycles. The van der Waals surface area contributed by atoms with Crippen molar-refractivity contribution in [3.63, 3.8) is 0 Å².